The molecule has 166 valence electrons. The Hall–Kier alpha value is -3.34. The van der Waals surface area contributed by atoms with E-state index < -0.39 is 5.97 Å². The number of ether oxygens (including phenoxy) is 1. The van der Waals surface area contributed by atoms with Gasteiger partial charge in [-0.05, 0) is 105 Å². The largest absolute Gasteiger partial charge is 0.491 e. The van der Waals surface area contributed by atoms with Crippen LogP contribution in [0.5, 0.6) is 5.75 Å². The molecule has 1 aliphatic carbocycles. The van der Waals surface area contributed by atoms with Gasteiger partial charge in [0.2, 0.25) is 0 Å². The van der Waals surface area contributed by atoms with Gasteiger partial charge in [0, 0.05) is 30.8 Å². The molecule has 2 aromatic carbocycles. The van der Waals surface area contributed by atoms with Gasteiger partial charge in [-0.3, -0.25) is 4.98 Å². The zero-order chi connectivity index (χ0) is 22.7. The number of pyridine rings is 1. The van der Waals surface area contributed by atoms with Crippen molar-refractivity contribution in [1.29, 1.82) is 0 Å². The van der Waals surface area contributed by atoms with Crippen LogP contribution in [0.4, 0.5) is 11.4 Å². The maximum absolute atomic E-state index is 11.5. The summed E-state index contributed by atoms with van der Waals surface area (Å²) in [7, 11) is 2.09. The molecule has 1 N–H and O–H groups in total. The van der Waals surface area contributed by atoms with Crippen molar-refractivity contribution in [2.45, 2.75) is 51.6 Å². The van der Waals surface area contributed by atoms with Crippen LogP contribution in [0.15, 0.2) is 60.9 Å². The Kier molecular flexibility index (Phi) is 6.45. The molecule has 1 atom stereocenters. The zero-order valence-electron chi connectivity index (χ0n) is 18.9. The molecule has 1 aliphatic rings. The summed E-state index contributed by atoms with van der Waals surface area (Å²) in [6, 6.07) is 16.5. The van der Waals surface area contributed by atoms with E-state index in [1.54, 1.807) is 18.5 Å². The highest BCUT2D eigenvalue weighted by molar-refractivity contribution is 5.89. The normalized spacial score (nSPS) is 14.9. The van der Waals surface area contributed by atoms with Gasteiger partial charge in [-0.1, -0.05) is 6.07 Å². The van der Waals surface area contributed by atoms with Gasteiger partial charge in [-0.2, -0.15) is 0 Å². The van der Waals surface area contributed by atoms with Crippen molar-refractivity contribution in [2.75, 3.05) is 11.9 Å². The average Bonchev–Trinajstić information content (AvgIpc) is 3.19. The van der Waals surface area contributed by atoms with E-state index in [-0.39, 0.29) is 6.10 Å². The van der Waals surface area contributed by atoms with Crippen LogP contribution in [0.3, 0.4) is 0 Å². The first-order valence-corrected chi connectivity index (χ1v) is 11.2. The van der Waals surface area contributed by atoms with Gasteiger partial charge >= 0.3 is 5.97 Å². The minimum atomic E-state index is -0.884. The standard InChI is InChI=1S/C27H30N2O3/c1-18(2)32-24-11-8-22(9-12-24)29(3)23-10-13-25-19(4-6-20(25)16-23)5-7-21-17-28-15-14-26(21)27(30)31/h8-19H,4-7H2,1-3H3,(H,30,31)/t19-/m0/s1. The van der Waals surface area contributed by atoms with E-state index in [4.69, 9.17) is 4.74 Å². The van der Waals surface area contributed by atoms with Gasteiger partial charge in [0.15, 0.2) is 0 Å². The molecule has 0 radical (unpaired) electrons. The lowest BCUT2D eigenvalue weighted by molar-refractivity contribution is 0.0695. The highest BCUT2D eigenvalue weighted by Crippen LogP contribution is 2.39. The summed E-state index contributed by atoms with van der Waals surface area (Å²) in [4.78, 5) is 17.8. The van der Waals surface area contributed by atoms with Crippen LogP contribution < -0.4 is 9.64 Å². The number of carbonyl (C=O) groups is 1. The highest BCUT2D eigenvalue weighted by atomic mass is 16.5. The molecule has 0 spiro atoms. The Morgan fingerprint density at radius 3 is 2.62 bits per heavy atom. The van der Waals surface area contributed by atoms with Crippen molar-refractivity contribution in [3.63, 3.8) is 0 Å². The number of carboxylic acids is 1. The molecule has 0 unspecified atom stereocenters. The van der Waals surface area contributed by atoms with Crippen LogP contribution in [0, 0.1) is 0 Å². The molecule has 0 amide bonds. The summed E-state index contributed by atoms with van der Waals surface area (Å²) >= 11 is 0. The van der Waals surface area contributed by atoms with Crippen molar-refractivity contribution in [1.82, 2.24) is 4.98 Å². The lowest BCUT2D eigenvalue weighted by Crippen LogP contribution is -2.10. The monoisotopic (exact) mass is 430 g/mol. The first-order chi connectivity index (χ1) is 15.4. The first-order valence-electron chi connectivity index (χ1n) is 11.2. The number of hydrogen-bond acceptors (Lipinski definition) is 4. The van der Waals surface area contributed by atoms with Crippen molar-refractivity contribution in [3.8, 4) is 5.75 Å². The third kappa shape index (κ3) is 4.77. The molecular formula is C27H30N2O3. The molecule has 32 heavy (non-hydrogen) atoms. The van der Waals surface area contributed by atoms with Crippen molar-refractivity contribution >= 4 is 17.3 Å². The lowest BCUT2D eigenvalue weighted by atomic mass is 9.93. The Bertz CT molecular complexity index is 1090. The molecule has 0 fully saturated rings. The molecule has 0 saturated carbocycles. The molecule has 4 rings (SSSR count). The topological polar surface area (TPSA) is 62.7 Å². The minimum Gasteiger partial charge on any atom is -0.491 e. The molecule has 0 saturated heterocycles. The number of hydrogen-bond donors (Lipinski definition) is 1. The van der Waals surface area contributed by atoms with Gasteiger partial charge in [-0.15, -0.1) is 0 Å². The van der Waals surface area contributed by atoms with Crippen LogP contribution in [0.25, 0.3) is 0 Å². The van der Waals surface area contributed by atoms with E-state index in [1.165, 1.54) is 16.8 Å². The number of fused-ring (bicyclic) bond motifs is 1. The van der Waals surface area contributed by atoms with Crippen LogP contribution in [0.2, 0.25) is 0 Å². The summed E-state index contributed by atoms with van der Waals surface area (Å²) < 4.78 is 5.75. The van der Waals surface area contributed by atoms with E-state index in [1.807, 2.05) is 26.0 Å². The Morgan fingerprint density at radius 2 is 1.91 bits per heavy atom. The van der Waals surface area contributed by atoms with Gasteiger partial charge in [-0.25, -0.2) is 4.79 Å². The van der Waals surface area contributed by atoms with Crippen molar-refractivity contribution in [2.24, 2.45) is 0 Å². The summed E-state index contributed by atoms with van der Waals surface area (Å²) in [5, 5.41) is 9.41. The maximum Gasteiger partial charge on any atom is 0.336 e. The fraction of sp³-hybridized carbons (Fsp3) is 0.333. The first kappa shape index (κ1) is 21.9. The van der Waals surface area contributed by atoms with Crippen molar-refractivity contribution < 1.29 is 14.6 Å². The second-order valence-corrected chi connectivity index (χ2v) is 8.71. The van der Waals surface area contributed by atoms with Gasteiger partial charge in [0.05, 0.1) is 11.7 Å². The maximum atomic E-state index is 11.5. The highest BCUT2D eigenvalue weighted by Gasteiger charge is 2.24. The smallest absolute Gasteiger partial charge is 0.336 e. The molecule has 1 heterocycles. The fourth-order valence-electron chi connectivity index (χ4n) is 4.53. The minimum absolute atomic E-state index is 0.164. The summed E-state index contributed by atoms with van der Waals surface area (Å²) in [5.41, 5.74) is 6.25. The fourth-order valence-corrected chi connectivity index (χ4v) is 4.53. The van der Waals surface area contributed by atoms with Gasteiger partial charge in [0.25, 0.3) is 0 Å². The zero-order valence-corrected chi connectivity index (χ0v) is 18.9. The number of benzene rings is 2. The predicted molar refractivity (Wildman–Crippen MR) is 127 cm³/mol. The average molecular weight is 431 g/mol. The second kappa shape index (κ2) is 9.43. The Morgan fingerprint density at radius 1 is 1.16 bits per heavy atom. The summed E-state index contributed by atoms with van der Waals surface area (Å²) in [6.45, 7) is 4.05. The van der Waals surface area contributed by atoms with E-state index in [0.29, 0.717) is 11.5 Å². The van der Waals surface area contributed by atoms with Gasteiger partial charge in [0.1, 0.15) is 5.75 Å². The van der Waals surface area contributed by atoms with E-state index >= 15 is 0 Å². The van der Waals surface area contributed by atoms with E-state index in [9.17, 15) is 9.90 Å². The lowest BCUT2D eigenvalue weighted by Gasteiger charge is -2.21. The predicted octanol–water partition coefficient (Wildman–Crippen LogP) is 6.00. The molecule has 0 aliphatic heterocycles. The van der Waals surface area contributed by atoms with Crippen LogP contribution in [0.1, 0.15) is 59.7 Å². The number of rotatable bonds is 8. The number of aryl methyl sites for hydroxylation is 2. The number of anilines is 2. The third-order valence-corrected chi connectivity index (χ3v) is 6.21. The Labute approximate surface area is 189 Å². The van der Waals surface area contributed by atoms with Crippen LogP contribution >= 0.6 is 0 Å². The number of aromatic carboxylic acids is 1. The van der Waals surface area contributed by atoms with Crippen LogP contribution in [-0.2, 0) is 12.8 Å². The molecular weight excluding hydrogens is 400 g/mol. The summed E-state index contributed by atoms with van der Waals surface area (Å²) in [6.07, 6.45) is 7.22. The molecule has 1 aromatic heterocycles. The molecule has 5 heteroatoms. The summed E-state index contributed by atoms with van der Waals surface area (Å²) in [5.74, 6) is 0.456. The van der Waals surface area contributed by atoms with Crippen molar-refractivity contribution in [3.05, 3.63) is 83.2 Å². The Balaban J connectivity index is 1.45. The molecule has 5 nitrogen and oxygen atoms in total. The van der Waals surface area contributed by atoms with Gasteiger partial charge < -0.3 is 14.7 Å². The number of carboxylic acid groups (broad SMARTS) is 1. The van der Waals surface area contributed by atoms with E-state index in [0.717, 1.165) is 42.7 Å². The number of nitrogens with zero attached hydrogens (tertiary/aromatic N) is 2. The molecule has 0 bridgehead atoms. The van der Waals surface area contributed by atoms with Crippen LogP contribution in [-0.4, -0.2) is 29.2 Å². The quantitative estimate of drug-likeness (QED) is 0.475. The number of aromatic nitrogens is 1. The molecule has 3 aromatic rings. The van der Waals surface area contributed by atoms with E-state index in [2.05, 4.69) is 47.3 Å². The third-order valence-electron chi connectivity index (χ3n) is 6.21. The SMILES string of the molecule is CC(C)Oc1ccc(N(C)c2ccc3c(c2)CC[C@H]3CCc2cnccc2C(=O)O)cc1. The second-order valence-electron chi connectivity index (χ2n) is 8.71.